The van der Waals surface area contributed by atoms with Crippen LogP contribution in [0.15, 0.2) is 23.3 Å². The summed E-state index contributed by atoms with van der Waals surface area (Å²) in [5, 5.41) is 8.00. The summed E-state index contributed by atoms with van der Waals surface area (Å²) in [4.78, 5) is 4.33. The molecule has 1 heterocycles. The Morgan fingerprint density at radius 1 is 1.35 bits per heavy atom. The van der Waals surface area contributed by atoms with Gasteiger partial charge in [-0.15, -0.1) is 0 Å². The molecule has 2 rings (SSSR count). The zero-order valence-electron chi connectivity index (χ0n) is 11.5. The topological polar surface area (TPSA) is 49.3 Å². The quantitative estimate of drug-likeness (QED) is 0.384. The Morgan fingerprint density at radius 2 is 2.10 bits per heavy atom. The molecule has 0 aliphatic heterocycles. The number of thiocarbonyl (C=S) groups is 1. The van der Waals surface area contributed by atoms with Crippen LogP contribution in [0.1, 0.15) is 43.5 Å². The number of aromatic nitrogens is 1. The van der Waals surface area contributed by atoms with E-state index in [1.54, 1.807) is 6.21 Å². The van der Waals surface area contributed by atoms with Gasteiger partial charge in [-0.05, 0) is 44.1 Å². The predicted molar refractivity (Wildman–Crippen MR) is 82.3 cm³/mol. The predicted octanol–water partition coefficient (Wildman–Crippen LogP) is 2.52. The van der Waals surface area contributed by atoms with E-state index < -0.39 is 0 Å². The summed E-state index contributed by atoms with van der Waals surface area (Å²) in [6, 6.07) is 6.33. The molecule has 0 spiro atoms. The average Bonchev–Trinajstić information content (AvgIpc) is 2.40. The maximum Gasteiger partial charge on any atom is 2.00 e. The molecule has 1 aromatic heterocycles. The summed E-state index contributed by atoms with van der Waals surface area (Å²) in [7, 11) is 0. The Bertz CT molecular complexity index is 458. The van der Waals surface area contributed by atoms with E-state index in [9.17, 15) is 0 Å². The van der Waals surface area contributed by atoms with E-state index in [0.29, 0.717) is 11.2 Å². The second-order valence-electron chi connectivity index (χ2n) is 4.88. The van der Waals surface area contributed by atoms with Crippen LogP contribution >= 0.6 is 12.2 Å². The molecule has 1 fully saturated rings. The van der Waals surface area contributed by atoms with Gasteiger partial charge in [0.2, 0.25) is 0 Å². The summed E-state index contributed by atoms with van der Waals surface area (Å²) in [6.45, 7) is 1.96. The molecule has 0 bridgehead atoms. The molecule has 0 unspecified atom stereocenters. The fourth-order valence-electron chi connectivity index (χ4n) is 2.26. The van der Waals surface area contributed by atoms with Crippen molar-refractivity contribution in [1.82, 2.24) is 15.7 Å². The molecule has 2 N–H and O–H groups in total. The van der Waals surface area contributed by atoms with Crippen molar-refractivity contribution in [1.29, 1.82) is 0 Å². The smallest absolute Gasteiger partial charge is 0.359 e. The number of hydrogen-bond donors (Lipinski definition) is 2. The van der Waals surface area contributed by atoms with Crippen LogP contribution in [0.25, 0.3) is 0 Å². The largest absolute Gasteiger partial charge is 2.00 e. The number of hydrogen-bond acceptors (Lipinski definition) is 3. The van der Waals surface area contributed by atoms with E-state index in [1.165, 1.54) is 32.1 Å². The zero-order valence-corrected chi connectivity index (χ0v) is 13.3. The molecule has 20 heavy (non-hydrogen) atoms. The third kappa shape index (κ3) is 5.99. The van der Waals surface area contributed by atoms with E-state index in [-0.39, 0.29) is 17.1 Å². The molecule has 1 aliphatic carbocycles. The van der Waals surface area contributed by atoms with Crippen molar-refractivity contribution >= 4 is 23.5 Å². The molecular formula is C14H20CuN4S+2. The van der Waals surface area contributed by atoms with Gasteiger partial charge in [0.05, 0.1) is 11.9 Å². The first-order chi connectivity index (χ1) is 9.24. The minimum atomic E-state index is 0. The fraction of sp³-hybridized carbons (Fsp3) is 0.500. The van der Waals surface area contributed by atoms with E-state index in [0.717, 1.165) is 11.4 Å². The summed E-state index contributed by atoms with van der Waals surface area (Å²) in [6.07, 6.45) is 8.00. The first-order valence-electron chi connectivity index (χ1n) is 6.77. The van der Waals surface area contributed by atoms with Crippen LogP contribution in [0.3, 0.4) is 0 Å². The molecule has 4 nitrogen and oxygen atoms in total. The van der Waals surface area contributed by atoms with Crippen LogP contribution in [0.5, 0.6) is 0 Å². The monoisotopic (exact) mass is 339 g/mol. The van der Waals surface area contributed by atoms with Crippen molar-refractivity contribution in [3.05, 3.63) is 29.6 Å². The van der Waals surface area contributed by atoms with Gasteiger partial charge >= 0.3 is 17.1 Å². The van der Waals surface area contributed by atoms with Crippen LogP contribution in [-0.2, 0) is 17.1 Å². The van der Waals surface area contributed by atoms with Crippen LogP contribution in [0.4, 0.5) is 0 Å². The number of hydrazone groups is 1. The van der Waals surface area contributed by atoms with Gasteiger partial charge in [0, 0.05) is 11.7 Å². The zero-order chi connectivity index (χ0) is 13.5. The average molecular weight is 340 g/mol. The summed E-state index contributed by atoms with van der Waals surface area (Å²) in [5.41, 5.74) is 4.65. The third-order valence-corrected chi connectivity index (χ3v) is 3.42. The van der Waals surface area contributed by atoms with Crippen molar-refractivity contribution in [3.8, 4) is 0 Å². The summed E-state index contributed by atoms with van der Waals surface area (Å²) in [5.74, 6) is 0. The Balaban J connectivity index is 0.00000200. The minimum absolute atomic E-state index is 0. The molecule has 6 heteroatoms. The maximum atomic E-state index is 5.22. The number of nitrogens with zero attached hydrogens (tertiary/aromatic N) is 2. The fourth-order valence-corrected chi connectivity index (χ4v) is 2.48. The molecule has 1 saturated carbocycles. The van der Waals surface area contributed by atoms with E-state index in [2.05, 4.69) is 20.8 Å². The molecule has 0 atom stereocenters. The van der Waals surface area contributed by atoms with Crippen molar-refractivity contribution in [2.45, 2.75) is 45.1 Å². The molecule has 0 saturated heterocycles. The van der Waals surface area contributed by atoms with Crippen molar-refractivity contribution in [2.24, 2.45) is 5.10 Å². The van der Waals surface area contributed by atoms with Gasteiger partial charge in [-0.1, -0.05) is 25.3 Å². The normalized spacial score (nSPS) is 15.7. The van der Waals surface area contributed by atoms with E-state index in [4.69, 9.17) is 12.2 Å². The van der Waals surface area contributed by atoms with Crippen LogP contribution in [-0.4, -0.2) is 22.4 Å². The van der Waals surface area contributed by atoms with Crippen LogP contribution < -0.4 is 10.7 Å². The maximum absolute atomic E-state index is 5.22. The van der Waals surface area contributed by atoms with Gasteiger partial charge in [-0.3, -0.25) is 10.4 Å². The number of rotatable bonds is 3. The Labute approximate surface area is 136 Å². The first kappa shape index (κ1) is 17.1. The second kappa shape index (κ2) is 9.06. The standard InChI is InChI=1S/C14H20N4S.Cu/c1-11-6-5-9-13(16-11)10-15-18-14(19)17-12-7-3-2-4-8-12;/h5-6,9-10,12H,2-4,7-8H2,1H3,(H2,17,18,19);/q;+2. The number of pyridine rings is 1. The molecule has 1 aliphatic rings. The van der Waals surface area contributed by atoms with Crippen molar-refractivity contribution in [2.75, 3.05) is 0 Å². The van der Waals surface area contributed by atoms with Gasteiger partial charge in [0.25, 0.3) is 0 Å². The Kier molecular flexibility index (Phi) is 7.73. The van der Waals surface area contributed by atoms with Gasteiger partial charge in [0.15, 0.2) is 5.11 Å². The van der Waals surface area contributed by atoms with Crippen LogP contribution in [0.2, 0.25) is 0 Å². The number of aryl methyl sites for hydroxylation is 1. The SMILES string of the molecule is Cc1cccc(C=NNC(=S)NC2CCCCC2)n1.[Cu+2]. The molecule has 1 radical (unpaired) electrons. The van der Waals surface area contributed by atoms with Crippen LogP contribution in [0, 0.1) is 6.92 Å². The van der Waals surface area contributed by atoms with E-state index in [1.807, 2.05) is 25.1 Å². The Morgan fingerprint density at radius 3 is 2.80 bits per heavy atom. The van der Waals surface area contributed by atoms with Gasteiger partial charge in [-0.25, -0.2) is 0 Å². The van der Waals surface area contributed by atoms with Gasteiger partial charge in [0.1, 0.15) is 0 Å². The third-order valence-electron chi connectivity index (χ3n) is 3.21. The molecule has 0 amide bonds. The molecule has 0 aromatic carbocycles. The van der Waals surface area contributed by atoms with Crippen molar-refractivity contribution < 1.29 is 17.1 Å². The van der Waals surface area contributed by atoms with Crippen molar-refractivity contribution in [3.63, 3.8) is 0 Å². The van der Waals surface area contributed by atoms with Gasteiger partial charge in [-0.2, -0.15) is 5.10 Å². The van der Waals surface area contributed by atoms with E-state index >= 15 is 0 Å². The minimum Gasteiger partial charge on any atom is -0.359 e. The summed E-state index contributed by atoms with van der Waals surface area (Å²) < 4.78 is 0. The Hall–Kier alpha value is -0.971. The molecule has 1 aromatic rings. The molecule has 111 valence electrons. The second-order valence-corrected chi connectivity index (χ2v) is 5.29. The number of nitrogens with one attached hydrogen (secondary N) is 2. The molecular weight excluding hydrogens is 320 g/mol. The van der Waals surface area contributed by atoms with Gasteiger partial charge < -0.3 is 5.32 Å². The first-order valence-corrected chi connectivity index (χ1v) is 7.18. The summed E-state index contributed by atoms with van der Waals surface area (Å²) >= 11 is 5.22.